The van der Waals surface area contributed by atoms with Crippen molar-refractivity contribution in [1.82, 2.24) is 0 Å². The van der Waals surface area contributed by atoms with Crippen molar-refractivity contribution in [2.24, 2.45) is 5.41 Å². The third-order valence-electron chi connectivity index (χ3n) is 3.14. The summed E-state index contributed by atoms with van der Waals surface area (Å²) in [5.41, 5.74) is -0.869. The first kappa shape index (κ1) is 23.6. The molecule has 0 N–H and O–H groups in total. The molecule has 0 aromatic carbocycles. The molecule has 10 heteroatoms. The van der Waals surface area contributed by atoms with Gasteiger partial charge in [0.05, 0.1) is 13.2 Å². The van der Waals surface area contributed by atoms with Crippen molar-refractivity contribution >= 4 is 46.3 Å². The molecule has 0 unspecified atom stereocenters. The fourth-order valence-corrected chi connectivity index (χ4v) is 3.37. The average molecular weight is 423 g/mol. The minimum Gasteiger partial charge on any atom is -0.478 e. The molecule has 1 aliphatic heterocycles. The van der Waals surface area contributed by atoms with Gasteiger partial charge in [0.2, 0.25) is 4.38 Å². The zero-order chi connectivity index (χ0) is 20.8. The Labute approximate surface area is 168 Å². The maximum atomic E-state index is 11.6. The van der Waals surface area contributed by atoms with Gasteiger partial charge in [0.1, 0.15) is 0 Å². The van der Waals surface area contributed by atoms with E-state index in [1.165, 1.54) is 20.8 Å². The molecule has 0 saturated carbocycles. The van der Waals surface area contributed by atoms with Gasteiger partial charge < -0.3 is 23.7 Å². The molecule has 8 nitrogen and oxygen atoms in total. The standard InChI is InChI=1S/C17H26O8S2/c1-9(18)23-12-7-21-15(27-16(26)22-8-17(4,5)6)14(25-11(3)20)13(12)24-10(2)19/h12-15H,7-8H2,1-6H3/t12-,13-,14+,15-/m1/s1. The Hall–Kier alpha value is -1.39. The Morgan fingerprint density at radius 3 is 2.00 bits per heavy atom. The number of hydrogen-bond donors (Lipinski definition) is 0. The lowest BCUT2D eigenvalue weighted by molar-refractivity contribution is -0.213. The van der Waals surface area contributed by atoms with Crippen molar-refractivity contribution in [3.63, 3.8) is 0 Å². The minimum atomic E-state index is -1.02. The quantitative estimate of drug-likeness (QED) is 0.373. The molecule has 0 aromatic heterocycles. The van der Waals surface area contributed by atoms with Crippen molar-refractivity contribution in [3.8, 4) is 0 Å². The molecule has 0 spiro atoms. The predicted molar refractivity (Wildman–Crippen MR) is 102 cm³/mol. The van der Waals surface area contributed by atoms with Gasteiger partial charge in [-0.15, -0.1) is 0 Å². The van der Waals surface area contributed by atoms with Crippen molar-refractivity contribution in [2.75, 3.05) is 13.2 Å². The second kappa shape index (κ2) is 10.2. The highest BCUT2D eigenvalue weighted by molar-refractivity contribution is 8.22. The normalized spacial score (nSPS) is 25.3. The number of carbonyl (C=O) groups excluding carboxylic acids is 3. The first-order valence-corrected chi connectivity index (χ1v) is 9.64. The van der Waals surface area contributed by atoms with Gasteiger partial charge in [-0.3, -0.25) is 14.4 Å². The van der Waals surface area contributed by atoms with Crippen LogP contribution in [-0.2, 0) is 38.1 Å². The predicted octanol–water partition coefficient (Wildman–Crippen LogP) is 2.22. The lowest BCUT2D eigenvalue weighted by Gasteiger charge is -2.40. The van der Waals surface area contributed by atoms with Crippen LogP contribution in [0.15, 0.2) is 0 Å². The summed E-state index contributed by atoms with van der Waals surface area (Å²) >= 11 is 6.26. The van der Waals surface area contributed by atoms with Crippen LogP contribution >= 0.6 is 24.0 Å². The molecule has 4 atom stereocenters. The highest BCUT2D eigenvalue weighted by atomic mass is 32.2. The summed E-state index contributed by atoms with van der Waals surface area (Å²) in [7, 11) is 0. The maximum Gasteiger partial charge on any atom is 0.303 e. The number of ether oxygens (including phenoxy) is 5. The molecule has 0 bridgehead atoms. The number of hydrogen-bond acceptors (Lipinski definition) is 10. The summed E-state index contributed by atoms with van der Waals surface area (Å²) in [6.07, 6.45) is -2.95. The van der Waals surface area contributed by atoms with Crippen LogP contribution in [0.3, 0.4) is 0 Å². The molecular formula is C17H26O8S2. The Balaban J connectivity index is 2.95. The van der Waals surface area contributed by atoms with E-state index in [4.69, 9.17) is 35.9 Å². The summed E-state index contributed by atoms with van der Waals surface area (Å²) < 4.78 is 27.2. The zero-order valence-corrected chi connectivity index (χ0v) is 17.9. The zero-order valence-electron chi connectivity index (χ0n) is 16.3. The molecule has 0 aromatic rings. The molecule has 154 valence electrons. The van der Waals surface area contributed by atoms with Gasteiger partial charge in [-0.1, -0.05) is 20.8 Å². The number of carbonyl (C=O) groups is 3. The molecule has 0 radical (unpaired) electrons. The van der Waals surface area contributed by atoms with Crippen molar-refractivity contribution < 1.29 is 38.1 Å². The fraction of sp³-hybridized carbons (Fsp3) is 0.765. The smallest absolute Gasteiger partial charge is 0.303 e. The maximum absolute atomic E-state index is 11.6. The lowest BCUT2D eigenvalue weighted by Crippen LogP contribution is -2.56. The van der Waals surface area contributed by atoms with E-state index in [0.29, 0.717) is 6.61 Å². The SMILES string of the molecule is CC(=O)O[C@H]1[C@H](OC(C)=O)[C@H](OC(C)=O)CO[C@@H]1SC(=S)OCC(C)(C)C. The van der Waals surface area contributed by atoms with Gasteiger partial charge in [-0.25, -0.2) is 0 Å². The molecule has 27 heavy (non-hydrogen) atoms. The van der Waals surface area contributed by atoms with Crippen LogP contribution in [0.25, 0.3) is 0 Å². The second-order valence-electron chi connectivity index (χ2n) is 7.21. The molecule has 1 fully saturated rings. The van der Waals surface area contributed by atoms with Gasteiger partial charge in [0.25, 0.3) is 0 Å². The van der Waals surface area contributed by atoms with Gasteiger partial charge >= 0.3 is 17.9 Å². The Morgan fingerprint density at radius 2 is 1.52 bits per heavy atom. The molecular weight excluding hydrogens is 396 g/mol. The highest BCUT2D eigenvalue weighted by Crippen LogP contribution is 2.32. The van der Waals surface area contributed by atoms with Crippen LogP contribution in [0, 0.1) is 5.41 Å². The van der Waals surface area contributed by atoms with Crippen LogP contribution in [-0.4, -0.2) is 59.3 Å². The van der Waals surface area contributed by atoms with Gasteiger partial charge in [0.15, 0.2) is 23.7 Å². The molecule has 1 rings (SSSR count). The first-order chi connectivity index (χ1) is 12.4. The molecule has 1 heterocycles. The number of rotatable bonds is 5. The third kappa shape index (κ3) is 8.89. The molecule has 1 aliphatic rings. The Morgan fingerprint density at radius 1 is 1.00 bits per heavy atom. The summed E-state index contributed by atoms with van der Waals surface area (Å²) in [5, 5.41) is 0. The first-order valence-electron chi connectivity index (χ1n) is 8.35. The van der Waals surface area contributed by atoms with Crippen molar-refractivity contribution in [1.29, 1.82) is 0 Å². The minimum absolute atomic E-state index is 0.0468. The van der Waals surface area contributed by atoms with Crippen LogP contribution in [0.5, 0.6) is 0 Å². The Kier molecular flexibility index (Phi) is 8.97. The molecule has 1 saturated heterocycles. The largest absolute Gasteiger partial charge is 0.478 e. The van der Waals surface area contributed by atoms with Crippen LogP contribution in [0.1, 0.15) is 41.5 Å². The summed E-state index contributed by atoms with van der Waals surface area (Å²) in [6, 6.07) is 0. The average Bonchev–Trinajstić information content (AvgIpc) is 2.49. The van der Waals surface area contributed by atoms with Gasteiger partial charge in [-0.2, -0.15) is 0 Å². The van der Waals surface area contributed by atoms with Crippen LogP contribution in [0.4, 0.5) is 0 Å². The topological polar surface area (TPSA) is 97.4 Å². The summed E-state index contributed by atoms with van der Waals surface area (Å²) in [6.45, 7) is 10.0. The van der Waals surface area contributed by atoms with Gasteiger partial charge in [-0.05, 0) is 29.4 Å². The number of thiocarbonyl (C=S) groups is 1. The van der Waals surface area contributed by atoms with E-state index in [0.717, 1.165) is 11.8 Å². The second-order valence-corrected chi connectivity index (χ2v) is 8.92. The van der Waals surface area contributed by atoms with E-state index in [9.17, 15) is 14.4 Å². The number of esters is 3. The lowest BCUT2D eigenvalue weighted by atomic mass is 9.99. The van der Waals surface area contributed by atoms with E-state index in [-0.39, 0.29) is 16.4 Å². The summed E-state index contributed by atoms with van der Waals surface area (Å²) in [4.78, 5) is 34.4. The third-order valence-corrected chi connectivity index (χ3v) is 4.49. The van der Waals surface area contributed by atoms with E-state index in [1.807, 2.05) is 20.8 Å². The van der Waals surface area contributed by atoms with E-state index in [2.05, 4.69) is 0 Å². The van der Waals surface area contributed by atoms with E-state index < -0.39 is 41.7 Å². The summed E-state index contributed by atoms with van der Waals surface area (Å²) in [5.74, 6) is -1.78. The van der Waals surface area contributed by atoms with E-state index in [1.54, 1.807) is 0 Å². The van der Waals surface area contributed by atoms with Gasteiger partial charge in [0, 0.05) is 20.8 Å². The molecule has 0 amide bonds. The fourth-order valence-electron chi connectivity index (χ4n) is 2.21. The van der Waals surface area contributed by atoms with E-state index >= 15 is 0 Å². The van der Waals surface area contributed by atoms with Crippen LogP contribution < -0.4 is 0 Å². The highest BCUT2D eigenvalue weighted by Gasteiger charge is 2.47. The van der Waals surface area contributed by atoms with Crippen molar-refractivity contribution in [3.05, 3.63) is 0 Å². The van der Waals surface area contributed by atoms with Crippen molar-refractivity contribution in [2.45, 2.75) is 65.3 Å². The molecule has 0 aliphatic carbocycles. The van der Waals surface area contributed by atoms with Crippen LogP contribution in [0.2, 0.25) is 0 Å². The Bertz CT molecular complexity index is 572. The number of thioether (sulfide) groups is 1. The monoisotopic (exact) mass is 422 g/mol.